The molecule has 0 unspecified atom stereocenters. The van der Waals surface area contributed by atoms with Gasteiger partial charge in [0.15, 0.2) is 0 Å². The van der Waals surface area contributed by atoms with Gasteiger partial charge in [0.25, 0.3) is 0 Å². The highest BCUT2D eigenvalue weighted by Crippen LogP contribution is 2.24. The molecule has 0 spiro atoms. The molecule has 0 fully saturated rings. The Balaban J connectivity index is 3.97. The van der Waals surface area contributed by atoms with Crippen LogP contribution in [-0.4, -0.2) is 0 Å². The van der Waals surface area contributed by atoms with Gasteiger partial charge in [0, 0.05) is 9.79 Å². The highest BCUT2D eigenvalue weighted by atomic mass is 32.1. The zero-order chi connectivity index (χ0) is 7.89. The molecule has 0 aliphatic carbocycles. The van der Waals surface area contributed by atoms with Crippen LogP contribution < -0.4 is 0 Å². The largest absolute Gasteiger partial charge is 0.141 e. The zero-order valence-electron chi connectivity index (χ0n) is 4.62. The third-order valence-electron chi connectivity index (χ3n) is 1.07. The van der Waals surface area contributed by atoms with E-state index in [4.69, 9.17) is 36.7 Å². The molecule has 0 aliphatic rings. The Hall–Kier alpha value is 0.710. The van der Waals surface area contributed by atoms with E-state index in [1.165, 1.54) is 0 Å². The smallest absolute Gasteiger partial charge is 0.0761 e. The van der Waals surface area contributed by atoms with Crippen LogP contribution in [0.15, 0.2) is 9.79 Å². The molecular formula is C5H2S5. The third kappa shape index (κ3) is 1.21. The molecule has 5 heteroatoms. The summed E-state index contributed by atoms with van der Waals surface area (Å²) in [7, 11) is 0. The quantitative estimate of drug-likeness (QED) is 0.511. The van der Waals surface area contributed by atoms with E-state index in [1.54, 1.807) is 0 Å². The van der Waals surface area contributed by atoms with Crippen molar-refractivity contribution in [3.63, 3.8) is 0 Å². The van der Waals surface area contributed by atoms with Gasteiger partial charge in [-0.15, -0.1) is 25.3 Å². The third-order valence-corrected chi connectivity index (χ3v) is 3.92. The Kier molecular flexibility index (Phi) is 2.63. The fourth-order valence-corrected chi connectivity index (χ4v) is 1.96. The maximum absolute atomic E-state index is 4.91. The highest BCUT2D eigenvalue weighted by Gasteiger charge is 2.03. The van der Waals surface area contributed by atoms with E-state index in [0.717, 1.165) is 0 Å². The van der Waals surface area contributed by atoms with E-state index in [0.29, 0.717) is 23.3 Å². The summed E-state index contributed by atoms with van der Waals surface area (Å²) >= 11 is 22.9. The molecule has 0 radical (unpaired) electrons. The molecule has 0 saturated carbocycles. The van der Waals surface area contributed by atoms with Gasteiger partial charge in [0.05, 0.1) is 13.5 Å². The molecule has 0 N–H and O–H groups in total. The van der Waals surface area contributed by atoms with Crippen LogP contribution in [0.25, 0.3) is 0 Å². The second-order valence-corrected chi connectivity index (χ2v) is 3.80. The van der Waals surface area contributed by atoms with Crippen LogP contribution in [0, 0.1) is 13.5 Å². The van der Waals surface area contributed by atoms with Crippen molar-refractivity contribution >= 4 is 61.9 Å². The van der Waals surface area contributed by atoms with Crippen LogP contribution in [0.5, 0.6) is 0 Å². The van der Waals surface area contributed by atoms with E-state index < -0.39 is 0 Å². The van der Waals surface area contributed by atoms with E-state index >= 15 is 0 Å². The molecule has 0 amide bonds. The molecule has 1 aromatic carbocycles. The average Bonchev–Trinajstić information content (AvgIpc) is 2.07. The van der Waals surface area contributed by atoms with E-state index in [2.05, 4.69) is 25.3 Å². The average molecular weight is 222 g/mol. The first-order chi connectivity index (χ1) is 4.55. The first-order valence-corrected chi connectivity index (χ1v) is 4.43. The molecule has 0 aliphatic heterocycles. The van der Waals surface area contributed by atoms with Gasteiger partial charge in [-0.25, -0.2) is 0 Å². The van der Waals surface area contributed by atoms with Gasteiger partial charge in [-0.2, -0.15) is 0 Å². The summed E-state index contributed by atoms with van der Waals surface area (Å²) in [6, 6.07) is 0. The van der Waals surface area contributed by atoms with Crippen molar-refractivity contribution in [1.29, 1.82) is 0 Å². The van der Waals surface area contributed by atoms with Gasteiger partial charge in [0.1, 0.15) is 0 Å². The van der Waals surface area contributed by atoms with Gasteiger partial charge in [-0.05, 0) is 0 Å². The lowest BCUT2D eigenvalue weighted by atomic mass is 10.7. The number of hydrogen-bond donors (Lipinski definition) is 2. The Morgan fingerprint density at radius 2 is 1.00 bits per heavy atom. The summed E-state index contributed by atoms with van der Waals surface area (Å²) in [5.41, 5.74) is 0. The lowest BCUT2D eigenvalue weighted by Crippen LogP contribution is -1.55. The summed E-state index contributed by atoms with van der Waals surface area (Å²) < 4.78 is 1.63. The Labute approximate surface area is 84.8 Å². The van der Waals surface area contributed by atoms with Crippen molar-refractivity contribution in [3.05, 3.63) is 13.5 Å². The van der Waals surface area contributed by atoms with Gasteiger partial charge in [0.2, 0.25) is 0 Å². The summed E-state index contributed by atoms with van der Waals surface area (Å²) in [4.78, 5) is 1.27. The van der Waals surface area contributed by atoms with Crippen molar-refractivity contribution in [3.8, 4) is 0 Å². The molecular weight excluding hydrogens is 220 g/mol. The minimum atomic E-state index is 0.528. The molecule has 0 aromatic heterocycles. The molecule has 1 rings (SSSR count). The maximum atomic E-state index is 4.91. The van der Waals surface area contributed by atoms with Crippen molar-refractivity contribution in [2.24, 2.45) is 0 Å². The molecule has 52 valence electrons. The topological polar surface area (TPSA) is 0 Å². The van der Waals surface area contributed by atoms with Gasteiger partial charge < -0.3 is 0 Å². The van der Waals surface area contributed by atoms with Crippen LogP contribution in [-0.2, 0) is 0 Å². The SMILES string of the molecule is S=c1c(S)c(S)c(=S)c1=S. The minimum absolute atomic E-state index is 0.528. The van der Waals surface area contributed by atoms with Crippen LogP contribution >= 0.6 is 61.9 Å². The molecule has 0 heterocycles. The normalized spacial score (nSPS) is 10.2. The predicted molar refractivity (Wildman–Crippen MR) is 55.8 cm³/mol. The maximum Gasteiger partial charge on any atom is 0.0761 e. The van der Waals surface area contributed by atoms with Gasteiger partial charge in [-0.3, -0.25) is 0 Å². The van der Waals surface area contributed by atoms with Crippen molar-refractivity contribution in [2.75, 3.05) is 0 Å². The number of hydrogen-bond acceptors (Lipinski definition) is 5. The summed E-state index contributed by atoms with van der Waals surface area (Å²) in [6.07, 6.45) is 0. The van der Waals surface area contributed by atoms with E-state index in [-0.39, 0.29) is 0 Å². The molecule has 0 nitrogen and oxygen atoms in total. The van der Waals surface area contributed by atoms with Gasteiger partial charge >= 0.3 is 0 Å². The first kappa shape index (κ1) is 8.80. The fraction of sp³-hybridized carbons (Fsp3) is 0. The predicted octanol–water partition coefficient (Wildman–Crippen LogP) is 3.33. The Morgan fingerprint density at radius 1 is 0.700 bits per heavy atom. The Morgan fingerprint density at radius 3 is 1.10 bits per heavy atom. The summed E-state index contributed by atoms with van der Waals surface area (Å²) in [5.74, 6) is 0. The van der Waals surface area contributed by atoms with Gasteiger partial charge in [-0.1, -0.05) is 36.7 Å². The van der Waals surface area contributed by atoms with Crippen LogP contribution in [0.2, 0.25) is 0 Å². The first-order valence-electron chi connectivity index (χ1n) is 2.31. The van der Waals surface area contributed by atoms with Crippen molar-refractivity contribution in [1.82, 2.24) is 0 Å². The summed E-state index contributed by atoms with van der Waals surface area (Å²) in [6.45, 7) is 0. The molecule has 0 bridgehead atoms. The fourth-order valence-electron chi connectivity index (χ4n) is 0.533. The second-order valence-electron chi connectivity index (χ2n) is 1.68. The van der Waals surface area contributed by atoms with Crippen LogP contribution in [0.4, 0.5) is 0 Å². The van der Waals surface area contributed by atoms with E-state index in [1.807, 2.05) is 0 Å². The number of rotatable bonds is 0. The Bertz CT molecular complexity index is 358. The molecule has 0 atom stereocenters. The molecule has 1 aromatic rings. The molecule has 0 saturated heterocycles. The molecule has 10 heavy (non-hydrogen) atoms. The lowest BCUT2D eigenvalue weighted by Gasteiger charge is -1.80. The minimum Gasteiger partial charge on any atom is -0.141 e. The second kappa shape index (κ2) is 2.98. The lowest BCUT2D eigenvalue weighted by molar-refractivity contribution is 1.33. The monoisotopic (exact) mass is 222 g/mol. The standard InChI is InChI=1S/C5H2S5/c6-1-2(7)4(9)5(10)3(1)8/h6-7H. The zero-order valence-corrected chi connectivity index (χ0v) is 8.86. The number of thiol groups is 2. The highest BCUT2D eigenvalue weighted by molar-refractivity contribution is 7.84. The van der Waals surface area contributed by atoms with Crippen LogP contribution in [0.3, 0.4) is 0 Å². The summed E-state index contributed by atoms with van der Waals surface area (Å²) in [5, 5.41) is 0. The van der Waals surface area contributed by atoms with Crippen molar-refractivity contribution < 1.29 is 0 Å². The van der Waals surface area contributed by atoms with Crippen LogP contribution in [0.1, 0.15) is 0 Å². The van der Waals surface area contributed by atoms with Crippen molar-refractivity contribution in [2.45, 2.75) is 9.79 Å². The van der Waals surface area contributed by atoms with E-state index in [9.17, 15) is 0 Å².